The molecule has 0 spiro atoms. The minimum absolute atomic E-state index is 0.174. The van der Waals surface area contributed by atoms with E-state index in [0.29, 0.717) is 40.6 Å². The summed E-state index contributed by atoms with van der Waals surface area (Å²) in [5.74, 6) is 0.448. The Bertz CT molecular complexity index is 1020. The van der Waals surface area contributed by atoms with Crippen LogP contribution in [0.5, 0.6) is 0 Å². The summed E-state index contributed by atoms with van der Waals surface area (Å²) in [7, 11) is 0.138. The largest absolute Gasteiger partial charge is 0.394 e. The minimum atomic E-state index is -1.50. The number of anilines is 3. The highest BCUT2D eigenvalue weighted by molar-refractivity contribution is 7.88. The number of aliphatic hydroxyl groups excluding tert-OH is 2. The molecule has 1 heterocycles. The van der Waals surface area contributed by atoms with E-state index < -0.39 is 21.8 Å². The van der Waals surface area contributed by atoms with Crippen LogP contribution in [0.3, 0.4) is 0 Å². The van der Waals surface area contributed by atoms with Gasteiger partial charge in [-0.1, -0.05) is 24.6 Å². The fourth-order valence-corrected chi connectivity index (χ4v) is 5.08. The van der Waals surface area contributed by atoms with E-state index in [1.54, 1.807) is 20.0 Å². The number of hydrogen-bond acceptors (Lipinski definition) is 5. The molecule has 0 bridgehead atoms. The van der Waals surface area contributed by atoms with Crippen molar-refractivity contribution < 1.29 is 14.4 Å². The molecule has 0 radical (unpaired) electrons. The Hall–Kier alpha value is -1.87. The number of hydrogen-bond donors (Lipinski definition) is 4. The van der Waals surface area contributed by atoms with Gasteiger partial charge >= 0.3 is 0 Å². The molecule has 1 aliphatic rings. The van der Waals surface area contributed by atoms with Gasteiger partial charge in [-0.25, -0.2) is 4.21 Å². The maximum Gasteiger partial charge on any atom is 0.254 e. The second kappa shape index (κ2) is 9.09. The first-order chi connectivity index (χ1) is 14.2. The first-order valence-corrected chi connectivity index (χ1v) is 11.5. The zero-order valence-electron chi connectivity index (χ0n) is 17.4. The molecule has 164 valence electrons. The molecule has 2 aromatic rings. The van der Waals surface area contributed by atoms with E-state index in [4.69, 9.17) is 16.7 Å². The molecule has 1 saturated carbocycles. The standard InChI is InChI=1S/C21H28ClN3O4S/c1-4-14-5-6-17(16(22)10-14)23-19-18(9-13(2)20(28)25(19)3)24-30(29)21(7-8-21)11-15(27)12-26/h5-6,9-10,15,23-24,26-27H,4,7-8,11-12H2,1-3H3. The van der Waals surface area contributed by atoms with Gasteiger partial charge in [0.15, 0.2) is 0 Å². The predicted molar refractivity (Wildman–Crippen MR) is 122 cm³/mol. The van der Waals surface area contributed by atoms with Crippen molar-refractivity contribution in [1.82, 2.24) is 4.57 Å². The van der Waals surface area contributed by atoms with Crippen molar-refractivity contribution in [3.05, 3.63) is 50.8 Å². The number of halogens is 1. The van der Waals surface area contributed by atoms with Crippen LogP contribution in [0.1, 0.15) is 37.3 Å². The molecule has 1 aliphatic carbocycles. The molecule has 2 atom stereocenters. The average molecular weight is 454 g/mol. The second-order valence-electron chi connectivity index (χ2n) is 7.84. The third kappa shape index (κ3) is 4.72. The molecule has 4 N–H and O–H groups in total. The normalized spacial score (nSPS) is 16.7. The summed E-state index contributed by atoms with van der Waals surface area (Å²) >= 11 is 6.41. The smallest absolute Gasteiger partial charge is 0.254 e. The molecule has 3 rings (SSSR count). The van der Waals surface area contributed by atoms with Gasteiger partial charge in [0.05, 0.1) is 33.9 Å². The van der Waals surface area contributed by atoms with Gasteiger partial charge in [-0.2, -0.15) is 0 Å². The van der Waals surface area contributed by atoms with Gasteiger partial charge < -0.3 is 20.3 Å². The van der Waals surface area contributed by atoms with Crippen molar-refractivity contribution in [1.29, 1.82) is 0 Å². The maximum absolute atomic E-state index is 13.1. The molecule has 1 fully saturated rings. The zero-order chi connectivity index (χ0) is 22.1. The third-order valence-electron chi connectivity index (χ3n) is 5.51. The third-order valence-corrected chi connectivity index (χ3v) is 7.59. The Morgan fingerprint density at radius 1 is 1.30 bits per heavy atom. The fourth-order valence-electron chi connectivity index (χ4n) is 3.44. The van der Waals surface area contributed by atoms with Crippen molar-refractivity contribution >= 4 is 39.8 Å². The molecular weight excluding hydrogens is 426 g/mol. The van der Waals surface area contributed by atoms with E-state index in [0.717, 1.165) is 12.0 Å². The molecule has 2 unspecified atom stereocenters. The van der Waals surface area contributed by atoms with E-state index >= 15 is 0 Å². The van der Waals surface area contributed by atoms with Crippen LogP contribution in [0, 0.1) is 6.92 Å². The van der Waals surface area contributed by atoms with E-state index in [9.17, 15) is 14.1 Å². The average Bonchev–Trinajstić information content (AvgIpc) is 3.50. The SMILES string of the molecule is CCc1ccc(Nc2c(NS(=O)C3(CC(O)CO)CC3)cc(C)c(=O)n2C)c(Cl)c1. The summed E-state index contributed by atoms with van der Waals surface area (Å²) in [6, 6.07) is 7.35. The Balaban J connectivity index is 1.93. The Labute approximate surface area is 183 Å². The quantitative estimate of drug-likeness (QED) is 0.467. The number of aryl methyl sites for hydroxylation is 2. The Morgan fingerprint density at radius 3 is 2.57 bits per heavy atom. The van der Waals surface area contributed by atoms with Gasteiger partial charge in [0, 0.05) is 12.6 Å². The highest BCUT2D eigenvalue weighted by Crippen LogP contribution is 2.46. The van der Waals surface area contributed by atoms with Crippen molar-refractivity contribution in [3.8, 4) is 0 Å². The van der Waals surface area contributed by atoms with Crippen LogP contribution in [0.25, 0.3) is 0 Å². The van der Waals surface area contributed by atoms with Gasteiger partial charge in [0.1, 0.15) is 16.8 Å². The van der Waals surface area contributed by atoms with Crippen LogP contribution in [0.4, 0.5) is 17.2 Å². The topological polar surface area (TPSA) is 104 Å². The van der Waals surface area contributed by atoms with Crippen LogP contribution < -0.4 is 15.6 Å². The van der Waals surface area contributed by atoms with Gasteiger partial charge in [-0.3, -0.25) is 9.36 Å². The monoisotopic (exact) mass is 453 g/mol. The lowest BCUT2D eigenvalue weighted by molar-refractivity contribution is 0.0862. The lowest BCUT2D eigenvalue weighted by Gasteiger charge is -2.22. The Kier molecular flexibility index (Phi) is 6.91. The van der Waals surface area contributed by atoms with Crippen LogP contribution in [0.15, 0.2) is 29.1 Å². The number of aromatic nitrogens is 1. The molecule has 9 heteroatoms. The molecule has 0 saturated heterocycles. The molecule has 1 aromatic heterocycles. The highest BCUT2D eigenvalue weighted by Gasteiger charge is 2.50. The van der Waals surface area contributed by atoms with Gasteiger partial charge in [0.2, 0.25) is 0 Å². The van der Waals surface area contributed by atoms with Gasteiger partial charge in [-0.15, -0.1) is 0 Å². The van der Waals surface area contributed by atoms with Gasteiger partial charge in [-0.05, 0) is 56.4 Å². The number of nitrogens with one attached hydrogen (secondary N) is 2. The highest BCUT2D eigenvalue weighted by atomic mass is 35.5. The molecule has 30 heavy (non-hydrogen) atoms. The summed E-state index contributed by atoms with van der Waals surface area (Å²) in [4.78, 5) is 12.5. The lowest BCUT2D eigenvalue weighted by atomic mass is 10.1. The van der Waals surface area contributed by atoms with Crippen LogP contribution >= 0.6 is 11.6 Å². The van der Waals surface area contributed by atoms with E-state index in [1.807, 2.05) is 25.1 Å². The maximum atomic E-state index is 13.1. The van der Waals surface area contributed by atoms with Crippen molar-refractivity contribution in [3.63, 3.8) is 0 Å². The molecule has 0 aliphatic heterocycles. The number of aliphatic hydroxyl groups is 2. The number of pyridine rings is 1. The summed E-state index contributed by atoms with van der Waals surface area (Å²) in [5.41, 5.74) is 2.58. The summed E-state index contributed by atoms with van der Waals surface area (Å²) < 4.78 is 17.0. The number of benzene rings is 1. The second-order valence-corrected chi connectivity index (χ2v) is 9.86. The van der Waals surface area contributed by atoms with E-state index in [-0.39, 0.29) is 18.6 Å². The summed E-state index contributed by atoms with van der Waals surface area (Å²) in [5, 5.41) is 22.7. The van der Waals surface area contributed by atoms with E-state index in [1.165, 1.54) is 4.57 Å². The van der Waals surface area contributed by atoms with Crippen LogP contribution in [0.2, 0.25) is 5.02 Å². The first kappa shape index (κ1) is 22.8. The number of nitrogens with zero attached hydrogens (tertiary/aromatic N) is 1. The van der Waals surface area contributed by atoms with Crippen LogP contribution in [-0.4, -0.2) is 36.4 Å². The van der Waals surface area contributed by atoms with Gasteiger partial charge in [0.25, 0.3) is 5.56 Å². The number of rotatable bonds is 9. The summed E-state index contributed by atoms with van der Waals surface area (Å²) in [6.45, 7) is 3.38. The molecule has 7 nitrogen and oxygen atoms in total. The molecular formula is C21H28ClN3O4S. The Morgan fingerprint density at radius 2 is 2.00 bits per heavy atom. The minimum Gasteiger partial charge on any atom is -0.394 e. The summed E-state index contributed by atoms with van der Waals surface area (Å²) in [6.07, 6.45) is 1.59. The fraction of sp³-hybridized carbons (Fsp3) is 0.476. The van der Waals surface area contributed by atoms with Crippen molar-refractivity contribution in [2.45, 2.75) is 50.4 Å². The zero-order valence-corrected chi connectivity index (χ0v) is 18.9. The van der Waals surface area contributed by atoms with Crippen LogP contribution in [-0.2, 0) is 24.5 Å². The van der Waals surface area contributed by atoms with Crippen molar-refractivity contribution in [2.75, 3.05) is 16.6 Å². The van der Waals surface area contributed by atoms with Crippen molar-refractivity contribution in [2.24, 2.45) is 7.05 Å². The lowest BCUT2D eigenvalue weighted by Crippen LogP contribution is -2.31. The van der Waals surface area contributed by atoms with E-state index in [2.05, 4.69) is 10.0 Å². The molecule has 1 aromatic carbocycles. The molecule has 0 amide bonds. The predicted octanol–water partition coefficient (Wildman–Crippen LogP) is 3.00. The first-order valence-electron chi connectivity index (χ1n) is 9.94.